The van der Waals surface area contributed by atoms with Crippen LogP contribution in [0.5, 0.6) is 0 Å². The van der Waals surface area contributed by atoms with Gasteiger partial charge in [0.2, 0.25) is 5.91 Å². The number of amides is 2. The van der Waals surface area contributed by atoms with Crippen molar-refractivity contribution in [2.45, 2.75) is 20.8 Å². The predicted molar refractivity (Wildman–Crippen MR) is 93.2 cm³/mol. The first-order valence-corrected chi connectivity index (χ1v) is 8.12. The minimum absolute atomic E-state index is 0.0519. The Hall–Kier alpha value is -2.63. The highest BCUT2D eigenvalue weighted by Crippen LogP contribution is 2.15. The van der Waals surface area contributed by atoms with Crippen molar-refractivity contribution in [2.24, 2.45) is 0 Å². The summed E-state index contributed by atoms with van der Waals surface area (Å²) in [6.07, 6.45) is 1.56. The van der Waals surface area contributed by atoms with Gasteiger partial charge < -0.3 is 9.80 Å². The maximum absolute atomic E-state index is 12.6. The molecule has 0 radical (unpaired) electrons. The largest absolute Gasteiger partial charge is 0.342 e. The second-order valence-corrected chi connectivity index (χ2v) is 5.62. The zero-order valence-corrected chi connectivity index (χ0v) is 14.7. The molecule has 0 N–H and O–H groups in total. The normalized spacial score (nSPS) is 10.5. The van der Waals surface area contributed by atoms with Crippen LogP contribution in [0.25, 0.3) is 5.69 Å². The third kappa shape index (κ3) is 3.64. The smallest absolute Gasteiger partial charge is 0.257 e. The van der Waals surface area contributed by atoms with E-state index in [1.54, 1.807) is 22.8 Å². The first-order valence-electron chi connectivity index (χ1n) is 8.12. The topological polar surface area (TPSA) is 58.4 Å². The zero-order valence-electron chi connectivity index (χ0n) is 14.7. The highest BCUT2D eigenvalue weighted by atomic mass is 16.2. The molecule has 24 heavy (non-hydrogen) atoms. The van der Waals surface area contributed by atoms with E-state index in [4.69, 9.17) is 0 Å². The van der Waals surface area contributed by atoms with Crippen LogP contribution in [0.2, 0.25) is 0 Å². The number of carbonyl (C=O) groups is 2. The van der Waals surface area contributed by atoms with Gasteiger partial charge in [0, 0.05) is 20.1 Å². The van der Waals surface area contributed by atoms with Crippen LogP contribution < -0.4 is 0 Å². The van der Waals surface area contributed by atoms with E-state index in [-0.39, 0.29) is 18.4 Å². The fourth-order valence-electron chi connectivity index (χ4n) is 2.61. The van der Waals surface area contributed by atoms with Gasteiger partial charge in [-0.25, -0.2) is 4.68 Å². The summed E-state index contributed by atoms with van der Waals surface area (Å²) < 4.78 is 1.73. The van der Waals surface area contributed by atoms with E-state index < -0.39 is 0 Å². The van der Waals surface area contributed by atoms with Gasteiger partial charge in [-0.3, -0.25) is 9.59 Å². The van der Waals surface area contributed by atoms with Gasteiger partial charge in [0.25, 0.3) is 5.91 Å². The molecule has 0 aliphatic rings. The maximum Gasteiger partial charge on any atom is 0.257 e. The molecule has 0 atom stereocenters. The molecule has 0 saturated heterocycles. The predicted octanol–water partition coefficient (Wildman–Crippen LogP) is 2.12. The Kier molecular flexibility index (Phi) is 5.73. The molecule has 2 aromatic rings. The number of benzene rings is 1. The molecular weight excluding hydrogens is 304 g/mol. The Labute approximate surface area is 142 Å². The summed E-state index contributed by atoms with van der Waals surface area (Å²) in [5.41, 5.74) is 2.16. The van der Waals surface area contributed by atoms with E-state index in [2.05, 4.69) is 5.10 Å². The fraction of sp³-hybridized carbons (Fsp3) is 0.389. The number of para-hydroxylation sites is 1. The van der Waals surface area contributed by atoms with Crippen LogP contribution in [0.3, 0.4) is 0 Å². The second kappa shape index (κ2) is 7.77. The third-order valence-corrected chi connectivity index (χ3v) is 4.08. The van der Waals surface area contributed by atoms with Crippen molar-refractivity contribution in [3.63, 3.8) is 0 Å². The van der Waals surface area contributed by atoms with E-state index in [9.17, 15) is 9.59 Å². The number of hydrogen-bond donors (Lipinski definition) is 0. The molecule has 1 aromatic carbocycles. The maximum atomic E-state index is 12.6. The van der Waals surface area contributed by atoms with E-state index in [1.165, 1.54) is 4.90 Å². The molecule has 0 saturated carbocycles. The number of nitrogens with zero attached hydrogens (tertiary/aromatic N) is 4. The Balaban J connectivity index is 2.16. The van der Waals surface area contributed by atoms with Crippen molar-refractivity contribution in [3.8, 4) is 5.69 Å². The summed E-state index contributed by atoms with van der Waals surface area (Å²) in [4.78, 5) is 28.0. The standard InChI is InChI=1S/C18H24N4O2/c1-5-21(6-2)17(23)13-20(4)18(24)16-12-19-22(14(16)3)15-10-8-7-9-11-15/h7-12H,5-6,13H2,1-4H3. The van der Waals surface area contributed by atoms with Crippen molar-refractivity contribution in [3.05, 3.63) is 47.8 Å². The zero-order chi connectivity index (χ0) is 17.7. The molecule has 0 aliphatic carbocycles. The van der Waals surface area contributed by atoms with Crippen LogP contribution in [0.1, 0.15) is 29.9 Å². The molecule has 128 valence electrons. The van der Waals surface area contributed by atoms with Crippen molar-refractivity contribution in [1.29, 1.82) is 0 Å². The summed E-state index contributed by atoms with van der Waals surface area (Å²) in [6.45, 7) is 7.06. The molecule has 0 unspecified atom stereocenters. The summed E-state index contributed by atoms with van der Waals surface area (Å²) >= 11 is 0. The van der Waals surface area contributed by atoms with Crippen LogP contribution in [-0.4, -0.2) is 58.1 Å². The highest BCUT2D eigenvalue weighted by molar-refractivity contribution is 5.97. The minimum Gasteiger partial charge on any atom is -0.342 e. The molecular formula is C18H24N4O2. The summed E-state index contributed by atoms with van der Waals surface area (Å²) in [5, 5.41) is 4.31. The van der Waals surface area contributed by atoms with Gasteiger partial charge in [0.05, 0.1) is 29.7 Å². The lowest BCUT2D eigenvalue weighted by molar-refractivity contribution is -0.131. The van der Waals surface area contributed by atoms with Gasteiger partial charge in [-0.2, -0.15) is 5.10 Å². The van der Waals surface area contributed by atoms with Crippen LogP contribution in [0.4, 0.5) is 0 Å². The van der Waals surface area contributed by atoms with Crippen molar-refractivity contribution >= 4 is 11.8 Å². The summed E-state index contributed by atoms with van der Waals surface area (Å²) in [5.74, 6) is -0.251. The molecule has 0 aliphatic heterocycles. The first kappa shape index (κ1) is 17.7. The molecule has 6 nitrogen and oxygen atoms in total. The lowest BCUT2D eigenvalue weighted by Gasteiger charge is -2.23. The number of likely N-dealkylation sites (N-methyl/N-ethyl adjacent to an activating group) is 2. The lowest BCUT2D eigenvalue weighted by Crippen LogP contribution is -2.41. The number of carbonyl (C=O) groups excluding carboxylic acids is 2. The van der Waals surface area contributed by atoms with Crippen molar-refractivity contribution < 1.29 is 9.59 Å². The SMILES string of the molecule is CCN(CC)C(=O)CN(C)C(=O)c1cnn(-c2ccccc2)c1C. The van der Waals surface area contributed by atoms with Gasteiger partial charge >= 0.3 is 0 Å². The van der Waals surface area contributed by atoms with Crippen molar-refractivity contribution in [2.75, 3.05) is 26.7 Å². The van der Waals surface area contributed by atoms with Crippen LogP contribution in [0.15, 0.2) is 36.5 Å². The Morgan fingerprint density at radius 1 is 1.12 bits per heavy atom. The van der Waals surface area contributed by atoms with Gasteiger partial charge in [-0.15, -0.1) is 0 Å². The van der Waals surface area contributed by atoms with E-state index in [0.717, 1.165) is 11.4 Å². The average Bonchev–Trinajstić information content (AvgIpc) is 2.97. The fourth-order valence-corrected chi connectivity index (χ4v) is 2.61. The lowest BCUT2D eigenvalue weighted by atomic mass is 10.2. The quantitative estimate of drug-likeness (QED) is 0.816. The molecule has 0 fully saturated rings. The second-order valence-electron chi connectivity index (χ2n) is 5.62. The summed E-state index contributed by atoms with van der Waals surface area (Å²) in [6, 6.07) is 9.64. The number of rotatable bonds is 6. The van der Waals surface area contributed by atoms with E-state index >= 15 is 0 Å². The number of hydrogen-bond acceptors (Lipinski definition) is 3. The Morgan fingerprint density at radius 2 is 1.75 bits per heavy atom. The average molecular weight is 328 g/mol. The molecule has 2 amide bonds. The van der Waals surface area contributed by atoms with Crippen LogP contribution >= 0.6 is 0 Å². The minimum atomic E-state index is -0.199. The molecule has 2 rings (SSSR count). The molecule has 1 aromatic heterocycles. The monoisotopic (exact) mass is 328 g/mol. The van der Waals surface area contributed by atoms with Crippen molar-refractivity contribution in [1.82, 2.24) is 19.6 Å². The molecule has 0 bridgehead atoms. The van der Waals surface area contributed by atoms with Gasteiger partial charge in [0.1, 0.15) is 0 Å². The Bertz CT molecular complexity index is 705. The molecule has 1 heterocycles. The van der Waals surface area contributed by atoms with Crippen LogP contribution in [0, 0.1) is 6.92 Å². The van der Waals surface area contributed by atoms with Gasteiger partial charge in [-0.1, -0.05) is 18.2 Å². The van der Waals surface area contributed by atoms with Gasteiger partial charge in [-0.05, 0) is 32.9 Å². The highest BCUT2D eigenvalue weighted by Gasteiger charge is 2.21. The molecule has 6 heteroatoms. The number of aromatic nitrogens is 2. The molecule has 0 spiro atoms. The van der Waals surface area contributed by atoms with Gasteiger partial charge in [0.15, 0.2) is 0 Å². The van der Waals surface area contributed by atoms with E-state index in [0.29, 0.717) is 18.7 Å². The Morgan fingerprint density at radius 3 is 2.33 bits per heavy atom. The summed E-state index contributed by atoms with van der Waals surface area (Å²) in [7, 11) is 1.64. The van der Waals surface area contributed by atoms with Crippen LogP contribution in [-0.2, 0) is 4.79 Å². The first-order chi connectivity index (χ1) is 11.5. The van der Waals surface area contributed by atoms with E-state index in [1.807, 2.05) is 51.1 Å². The third-order valence-electron chi connectivity index (χ3n) is 4.08.